The lowest BCUT2D eigenvalue weighted by molar-refractivity contribution is 0.0186. The van der Waals surface area contributed by atoms with Gasteiger partial charge in [0.2, 0.25) is 16.7 Å². The van der Waals surface area contributed by atoms with Gasteiger partial charge in [0.25, 0.3) is 15.9 Å². The monoisotopic (exact) mass is 527 g/mol. The fourth-order valence-electron chi connectivity index (χ4n) is 4.12. The number of oxazole rings is 1. The molecule has 1 saturated heterocycles. The summed E-state index contributed by atoms with van der Waals surface area (Å²) < 4.78 is 42.6. The van der Waals surface area contributed by atoms with Crippen molar-refractivity contribution in [2.45, 2.75) is 37.3 Å². The Kier molecular flexibility index (Phi) is 7.75. The fourth-order valence-corrected chi connectivity index (χ4v) is 4.91. The number of morpholine rings is 1. The maximum Gasteiger partial charge on any atom is 0.275 e. The van der Waals surface area contributed by atoms with Gasteiger partial charge in [0, 0.05) is 33.7 Å². The number of nitriles is 1. The highest BCUT2D eigenvalue weighted by atomic mass is 32.2. The van der Waals surface area contributed by atoms with Crippen LogP contribution in [0.25, 0.3) is 11.7 Å². The van der Waals surface area contributed by atoms with Crippen molar-refractivity contribution >= 4 is 15.9 Å². The van der Waals surface area contributed by atoms with Crippen LogP contribution >= 0.6 is 0 Å². The van der Waals surface area contributed by atoms with E-state index in [0.717, 1.165) is 23.0 Å². The molecule has 2 aromatic heterocycles. The van der Waals surface area contributed by atoms with Gasteiger partial charge >= 0.3 is 0 Å². The summed E-state index contributed by atoms with van der Waals surface area (Å²) in [6.45, 7) is 9.91. The van der Waals surface area contributed by atoms with Crippen LogP contribution in [0.2, 0.25) is 0 Å². The van der Waals surface area contributed by atoms with Crippen LogP contribution in [0, 0.1) is 11.3 Å². The normalized spacial score (nSPS) is 16.0. The molecule has 37 heavy (non-hydrogen) atoms. The molecule has 0 aliphatic carbocycles. The van der Waals surface area contributed by atoms with E-state index in [1.165, 1.54) is 31.8 Å². The summed E-state index contributed by atoms with van der Waals surface area (Å²) in [5, 5.41) is 12.7. The van der Waals surface area contributed by atoms with Crippen LogP contribution in [0.5, 0.6) is 0 Å². The maximum absolute atomic E-state index is 12.3. The number of ether oxygens (including phenoxy) is 1. The summed E-state index contributed by atoms with van der Waals surface area (Å²) >= 11 is 0. The zero-order valence-electron chi connectivity index (χ0n) is 21.8. The molecular formula is C26H33N5O5S. The van der Waals surface area contributed by atoms with Crippen molar-refractivity contribution < 1.29 is 22.0 Å². The number of rotatable bonds is 8. The third-order valence-electron chi connectivity index (χ3n) is 6.36. The molecule has 3 heterocycles. The smallest absolute Gasteiger partial charge is 0.275 e. The molecule has 11 heteroatoms. The Balaban J connectivity index is 1.57. The molecule has 1 aliphatic rings. The van der Waals surface area contributed by atoms with Crippen molar-refractivity contribution in [1.29, 1.82) is 5.26 Å². The molecule has 0 radical (unpaired) electrons. The van der Waals surface area contributed by atoms with Gasteiger partial charge in [-0.3, -0.25) is 4.90 Å². The average Bonchev–Trinajstić information content (AvgIpc) is 3.52. The molecular weight excluding hydrogens is 494 g/mol. The fraction of sp³-hybridized carbons (Fsp3) is 0.462. The lowest BCUT2D eigenvalue weighted by Crippen LogP contribution is -2.41. The largest absolute Gasteiger partial charge is 0.438 e. The summed E-state index contributed by atoms with van der Waals surface area (Å²) in [5.74, 6) is 0.347. The van der Waals surface area contributed by atoms with E-state index in [0.29, 0.717) is 19.8 Å². The summed E-state index contributed by atoms with van der Waals surface area (Å²) in [7, 11) is -0.916. The van der Waals surface area contributed by atoms with Crippen LogP contribution in [-0.4, -0.2) is 69.6 Å². The first-order chi connectivity index (χ1) is 17.5. The average molecular weight is 528 g/mol. The Hall–Kier alpha value is -3.17. The Labute approximate surface area is 217 Å². The van der Waals surface area contributed by atoms with Crippen LogP contribution in [0.3, 0.4) is 0 Å². The number of sulfonamides is 1. The van der Waals surface area contributed by atoms with Gasteiger partial charge in [-0.2, -0.15) is 10.2 Å². The number of nitrogens with zero attached hydrogens (tertiary/aromatic N) is 4. The predicted molar refractivity (Wildman–Crippen MR) is 139 cm³/mol. The SMILES string of the molecule is CN(C)S(=O)(=O)c1ccc(-c2nc(C#N)c(NCC(c3ccc(C(C)(C)C)cc3)N3CCOCC3)o2)o1. The van der Waals surface area contributed by atoms with Gasteiger partial charge in [0.15, 0.2) is 5.76 Å². The van der Waals surface area contributed by atoms with Gasteiger partial charge in [-0.25, -0.2) is 12.7 Å². The van der Waals surface area contributed by atoms with Gasteiger partial charge < -0.3 is 18.9 Å². The summed E-state index contributed by atoms with van der Waals surface area (Å²) in [5.41, 5.74) is 2.52. The molecule has 1 atom stereocenters. The van der Waals surface area contributed by atoms with E-state index in [4.69, 9.17) is 13.6 Å². The Morgan fingerprint density at radius 3 is 2.38 bits per heavy atom. The molecule has 1 aliphatic heterocycles. The molecule has 198 valence electrons. The zero-order chi connectivity index (χ0) is 26.8. The molecule has 0 amide bonds. The highest BCUT2D eigenvalue weighted by Crippen LogP contribution is 2.31. The quantitative estimate of drug-likeness (QED) is 0.465. The standard InChI is InChI=1S/C26H33N5O5S/c1-26(2,3)19-8-6-18(7-9-19)21(31-12-14-34-15-13-31)17-28-24-20(16-27)29-25(36-24)22-10-11-23(35-22)37(32,33)30(4)5/h6-11,21,28H,12-15,17H2,1-5H3. The number of benzene rings is 1. The number of hydrogen-bond acceptors (Lipinski definition) is 9. The number of anilines is 1. The minimum Gasteiger partial charge on any atom is -0.438 e. The molecule has 1 N–H and O–H groups in total. The second-order valence-electron chi connectivity index (χ2n) is 10.1. The topological polar surface area (TPSA) is 125 Å². The Bertz CT molecular complexity index is 1360. The lowest BCUT2D eigenvalue weighted by Gasteiger charge is -2.35. The Morgan fingerprint density at radius 2 is 1.78 bits per heavy atom. The van der Waals surface area contributed by atoms with Crippen molar-refractivity contribution in [1.82, 2.24) is 14.2 Å². The molecule has 0 saturated carbocycles. The maximum atomic E-state index is 12.3. The third kappa shape index (κ3) is 5.88. The van der Waals surface area contributed by atoms with E-state index >= 15 is 0 Å². The Morgan fingerprint density at radius 1 is 1.11 bits per heavy atom. The number of furan rings is 1. The summed E-state index contributed by atoms with van der Waals surface area (Å²) in [6, 6.07) is 13.5. The third-order valence-corrected chi connectivity index (χ3v) is 8.05. The first kappa shape index (κ1) is 26.9. The molecule has 3 aromatic rings. The van der Waals surface area contributed by atoms with E-state index < -0.39 is 10.0 Å². The first-order valence-corrected chi connectivity index (χ1v) is 13.5. The van der Waals surface area contributed by atoms with Crippen LogP contribution in [0.4, 0.5) is 5.88 Å². The molecule has 1 unspecified atom stereocenters. The van der Waals surface area contributed by atoms with Gasteiger partial charge in [-0.05, 0) is 28.7 Å². The van der Waals surface area contributed by atoms with Crippen molar-refractivity contribution in [2.24, 2.45) is 0 Å². The molecule has 1 fully saturated rings. The van der Waals surface area contributed by atoms with E-state index in [1.807, 2.05) is 6.07 Å². The first-order valence-electron chi connectivity index (χ1n) is 12.1. The van der Waals surface area contributed by atoms with Crippen LogP contribution in [0.15, 0.2) is 50.3 Å². The molecule has 1 aromatic carbocycles. The van der Waals surface area contributed by atoms with Crippen LogP contribution in [0.1, 0.15) is 43.6 Å². The minimum absolute atomic E-state index is 0.0125. The van der Waals surface area contributed by atoms with Crippen molar-refractivity contribution in [2.75, 3.05) is 52.3 Å². The molecule has 4 rings (SSSR count). The van der Waals surface area contributed by atoms with Gasteiger partial charge in [-0.1, -0.05) is 45.0 Å². The van der Waals surface area contributed by atoms with Crippen molar-refractivity contribution in [3.8, 4) is 17.7 Å². The van der Waals surface area contributed by atoms with Crippen LogP contribution < -0.4 is 5.32 Å². The van der Waals surface area contributed by atoms with E-state index in [2.05, 4.69) is 60.2 Å². The van der Waals surface area contributed by atoms with E-state index in [9.17, 15) is 13.7 Å². The number of hydrogen-bond donors (Lipinski definition) is 1. The zero-order valence-corrected chi connectivity index (χ0v) is 22.6. The van der Waals surface area contributed by atoms with Crippen LogP contribution in [-0.2, 0) is 20.2 Å². The van der Waals surface area contributed by atoms with Crippen molar-refractivity contribution in [3.63, 3.8) is 0 Å². The second kappa shape index (κ2) is 10.7. The van der Waals surface area contributed by atoms with Gasteiger partial charge in [0.05, 0.1) is 19.3 Å². The van der Waals surface area contributed by atoms with Gasteiger partial charge in [0.1, 0.15) is 6.07 Å². The predicted octanol–water partition coefficient (Wildman–Crippen LogP) is 3.84. The van der Waals surface area contributed by atoms with E-state index in [-0.39, 0.29) is 39.8 Å². The number of aromatic nitrogens is 1. The summed E-state index contributed by atoms with van der Waals surface area (Å²) in [4.78, 5) is 6.56. The van der Waals surface area contributed by atoms with Gasteiger partial charge in [-0.15, -0.1) is 0 Å². The van der Waals surface area contributed by atoms with E-state index in [1.54, 1.807) is 0 Å². The molecule has 10 nitrogen and oxygen atoms in total. The molecule has 0 spiro atoms. The highest BCUT2D eigenvalue weighted by Gasteiger charge is 2.27. The summed E-state index contributed by atoms with van der Waals surface area (Å²) in [6.07, 6.45) is 0. The molecule has 0 bridgehead atoms. The lowest BCUT2D eigenvalue weighted by atomic mass is 9.86. The second-order valence-corrected chi connectivity index (χ2v) is 12.2. The number of nitrogens with one attached hydrogen (secondary N) is 1. The highest BCUT2D eigenvalue weighted by molar-refractivity contribution is 7.88. The van der Waals surface area contributed by atoms with Crippen molar-refractivity contribution in [3.05, 3.63) is 53.2 Å². The minimum atomic E-state index is -3.75.